The van der Waals surface area contributed by atoms with E-state index in [-0.39, 0.29) is 22.2 Å². The monoisotopic (exact) mass is 447 g/mol. The molecule has 0 bridgehead atoms. The van der Waals surface area contributed by atoms with Gasteiger partial charge in [0.05, 0.1) is 16.8 Å². The first-order valence-electron chi connectivity index (χ1n) is 11.5. The molecule has 2 nitrogen and oxygen atoms in total. The van der Waals surface area contributed by atoms with Gasteiger partial charge in [-0.25, -0.2) is 0 Å². The third kappa shape index (κ3) is 6.74. The molecule has 32 heavy (non-hydrogen) atoms. The van der Waals surface area contributed by atoms with Crippen molar-refractivity contribution in [2.75, 3.05) is 0 Å². The smallest absolute Gasteiger partial charge is 0.306 e. The molecule has 4 rings (SSSR count). The standard InChI is InChI=1S/C22H23S.C7H12O2/c1-22(2,3)18-14-16-21(17-15-18)23(19-10-6-4-7-11-19)20-12-8-5-9-13-20;8-7(9)6-4-2-1-3-5-6/h4-17H,1-3H3;6H,1-5H2,(H,8,9)/q+1;. The van der Waals surface area contributed by atoms with Crippen LogP contribution in [0.4, 0.5) is 0 Å². The van der Waals surface area contributed by atoms with Crippen molar-refractivity contribution >= 4 is 16.9 Å². The molecule has 0 saturated heterocycles. The first kappa shape index (κ1) is 24.1. The first-order valence-corrected chi connectivity index (χ1v) is 12.8. The summed E-state index contributed by atoms with van der Waals surface area (Å²) in [4.78, 5) is 14.5. The molecular weight excluding hydrogens is 412 g/mol. The van der Waals surface area contributed by atoms with Gasteiger partial charge in [0.1, 0.15) is 0 Å². The Hall–Kier alpha value is -2.52. The minimum Gasteiger partial charge on any atom is -0.481 e. The lowest BCUT2D eigenvalue weighted by Crippen LogP contribution is -2.16. The molecule has 1 N–H and O–H groups in total. The highest BCUT2D eigenvalue weighted by Crippen LogP contribution is 2.32. The lowest BCUT2D eigenvalue weighted by atomic mass is 9.87. The maximum Gasteiger partial charge on any atom is 0.306 e. The largest absolute Gasteiger partial charge is 0.481 e. The highest BCUT2D eigenvalue weighted by atomic mass is 32.2. The summed E-state index contributed by atoms with van der Waals surface area (Å²) in [6.07, 6.45) is 5.24. The predicted molar refractivity (Wildman–Crippen MR) is 134 cm³/mol. The molecule has 0 aromatic heterocycles. The van der Waals surface area contributed by atoms with Crippen LogP contribution in [0.2, 0.25) is 0 Å². The molecular formula is C29H35O2S+. The lowest BCUT2D eigenvalue weighted by Gasteiger charge is -2.19. The average molecular weight is 448 g/mol. The van der Waals surface area contributed by atoms with E-state index in [1.165, 1.54) is 26.7 Å². The Morgan fingerprint density at radius 2 is 1.16 bits per heavy atom. The highest BCUT2D eigenvalue weighted by Gasteiger charge is 2.28. The third-order valence-corrected chi connectivity index (χ3v) is 8.10. The van der Waals surface area contributed by atoms with E-state index >= 15 is 0 Å². The normalized spacial score (nSPS) is 14.5. The molecule has 3 aromatic carbocycles. The van der Waals surface area contributed by atoms with Gasteiger partial charge in [0.15, 0.2) is 14.7 Å². The molecule has 3 heteroatoms. The minimum atomic E-state index is -0.602. The molecule has 1 fully saturated rings. The molecule has 0 spiro atoms. The van der Waals surface area contributed by atoms with Crippen molar-refractivity contribution in [1.82, 2.24) is 0 Å². The van der Waals surface area contributed by atoms with Gasteiger partial charge in [0, 0.05) is 0 Å². The summed E-state index contributed by atoms with van der Waals surface area (Å²) in [5.74, 6) is -0.631. The fourth-order valence-corrected chi connectivity index (χ4v) is 6.05. The fraction of sp³-hybridized carbons (Fsp3) is 0.345. The van der Waals surface area contributed by atoms with Crippen LogP contribution in [0.3, 0.4) is 0 Å². The quantitative estimate of drug-likeness (QED) is 0.415. The van der Waals surface area contributed by atoms with Gasteiger partial charge in [0.2, 0.25) is 0 Å². The van der Waals surface area contributed by atoms with E-state index in [0.717, 1.165) is 25.7 Å². The van der Waals surface area contributed by atoms with Crippen molar-refractivity contribution in [3.8, 4) is 0 Å². The summed E-state index contributed by atoms with van der Waals surface area (Å²) in [7, 11) is -0.0497. The third-order valence-electron chi connectivity index (χ3n) is 5.87. The maximum absolute atomic E-state index is 10.4. The van der Waals surface area contributed by atoms with Crippen molar-refractivity contribution in [2.24, 2.45) is 5.92 Å². The van der Waals surface area contributed by atoms with Gasteiger partial charge in [-0.1, -0.05) is 88.6 Å². The summed E-state index contributed by atoms with van der Waals surface area (Å²) < 4.78 is 0. The lowest BCUT2D eigenvalue weighted by molar-refractivity contribution is -0.142. The number of rotatable bonds is 4. The van der Waals surface area contributed by atoms with Crippen molar-refractivity contribution in [1.29, 1.82) is 0 Å². The van der Waals surface area contributed by atoms with Crippen LogP contribution >= 0.6 is 0 Å². The van der Waals surface area contributed by atoms with Crippen molar-refractivity contribution < 1.29 is 9.90 Å². The van der Waals surface area contributed by atoms with E-state index in [2.05, 4.69) is 106 Å². The van der Waals surface area contributed by atoms with Crippen molar-refractivity contribution in [2.45, 2.75) is 73.0 Å². The Morgan fingerprint density at radius 3 is 1.53 bits per heavy atom. The summed E-state index contributed by atoms with van der Waals surface area (Å²) in [5, 5.41) is 8.54. The van der Waals surface area contributed by atoms with E-state index in [1.54, 1.807) is 0 Å². The number of hydrogen-bond donors (Lipinski definition) is 1. The molecule has 1 aliphatic rings. The SMILES string of the molecule is CC(C)(C)c1ccc([S+](c2ccccc2)c2ccccc2)cc1.O=C(O)C1CCCCC1. The maximum atomic E-state index is 10.4. The summed E-state index contributed by atoms with van der Waals surface area (Å²) in [6.45, 7) is 6.78. The molecule has 0 amide bonds. The molecule has 3 aromatic rings. The Labute approximate surface area is 196 Å². The number of hydrogen-bond acceptors (Lipinski definition) is 1. The first-order chi connectivity index (χ1) is 15.4. The van der Waals surface area contributed by atoms with E-state index in [4.69, 9.17) is 5.11 Å². The molecule has 0 atom stereocenters. The van der Waals surface area contributed by atoms with Crippen molar-refractivity contribution in [3.63, 3.8) is 0 Å². The second-order valence-corrected chi connectivity index (χ2v) is 11.4. The molecule has 168 valence electrons. The Morgan fingerprint density at radius 1 is 0.719 bits per heavy atom. The van der Waals surface area contributed by atoms with E-state index in [9.17, 15) is 4.79 Å². The Bertz CT molecular complexity index is 914. The zero-order valence-electron chi connectivity index (χ0n) is 19.5. The number of aliphatic carboxylic acids is 1. The van der Waals surface area contributed by atoms with Crippen molar-refractivity contribution in [3.05, 3.63) is 90.5 Å². The molecule has 0 radical (unpaired) electrons. The van der Waals surface area contributed by atoms with Crippen LogP contribution in [0.5, 0.6) is 0 Å². The summed E-state index contributed by atoms with van der Waals surface area (Å²) in [6, 6.07) is 30.7. The zero-order valence-corrected chi connectivity index (χ0v) is 20.3. The van der Waals surface area contributed by atoms with Crippen LogP contribution in [0.15, 0.2) is 99.6 Å². The van der Waals surface area contributed by atoms with E-state index in [0.29, 0.717) is 0 Å². The average Bonchev–Trinajstić information content (AvgIpc) is 2.81. The number of benzene rings is 3. The van der Waals surface area contributed by atoms with Crippen LogP contribution < -0.4 is 0 Å². The van der Waals surface area contributed by atoms with Gasteiger partial charge >= 0.3 is 5.97 Å². The van der Waals surface area contributed by atoms with Crippen LogP contribution in [-0.2, 0) is 21.1 Å². The van der Waals surface area contributed by atoms with Gasteiger partial charge in [-0.2, -0.15) is 0 Å². The van der Waals surface area contributed by atoms with E-state index in [1.807, 2.05) is 0 Å². The Balaban J connectivity index is 0.000000269. The minimum absolute atomic E-state index is 0.0289. The molecule has 0 heterocycles. The van der Waals surface area contributed by atoms with Gasteiger partial charge in [-0.3, -0.25) is 4.79 Å². The molecule has 1 aliphatic carbocycles. The fourth-order valence-electron chi connectivity index (χ4n) is 3.96. The van der Waals surface area contributed by atoms with Crippen LogP contribution in [-0.4, -0.2) is 11.1 Å². The topological polar surface area (TPSA) is 37.3 Å². The highest BCUT2D eigenvalue weighted by molar-refractivity contribution is 7.97. The Kier molecular flexibility index (Phi) is 8.58. The van der Waals surface area contributed by atoms with Crippen LogP contribution in [0.1, 0.15) is 58.4 Å². The van der Waals surface area contributed by atoms with Crippen LogP contribution in [0, 0.1) is 5.92 Å². The van der Waals surface area contributed by atoms with Crippen LogP contribution in [0.25, 0.3) is 0 Å². The second-order valence-electron chi connectivity index (χ2n) is 9.38. The second kappa shape index (κ2) is 11.4. The van der Waals surface area contributed by atoms with Gasteiger partial charge in [-0.15, -0.1) is 0 Å². The predicted octanol–water partition coefficient (Wildman–Crippen LogP) is 7.73. The number of carboxylic acid groups (broad SMARTS) is 1. The van der Waals surface area contributed by atoms with Gasteiger partial charge < -0.3 is 5.11 Å². The molecule has 0 aliphatic heterocycles. The summed E-state index contributed by atoms with van der Waals surface area (Å²) >= 11 is 0. The number of carbonyl (C=O) groups is 1. The molecule has 1 saturated carbocycles. The van der Waals surface area contributed by atoms with Gasteiger partial charge in [0.25, 0.3) is 0 Å². The molecule has 0 unspecified atom stereocenters. The zero-order chi connectivity index (χ0) is 23.0. The number of carboxylic acids is 1. The van der Waals surface area contributed by atoms with E-state index < -0.39 is 5.97 Å². The van der Waals surface area contributed by atoms with Gasteiger partial charge in [-0.05, 0) is 60.2 Å². The summed E-state index contributed by atoms with van der Waals surface area (Å²) in [5.41, 5.74) is 1.57.